The van der Waals surface area contributed by atoms with E-state index in [4.69, 9.17) is 4.74 Å². The first-order valence-corrected chi connectivity index (χ1v) is 9.04. The molecule has 1 unspecified atom stereocenters. The Morgan fingerprint density at radius 3 is 2.73 bits per heavy atom. The predicted molar refractivity (Wildman–Crippen MR) is 95.1 cm³/mol. The second-order valence-electron chi connectivity index (χ2n) is 6.84. The minimum atomic E-state index is -0.0410. The van der Waals surface area contributed by atoms with Gasteiger partial charge in [-0.2, -0.15) is 0 Å². The van der Waals surface area contributed by atoms with E-state index in [9.17, 15) is 9.59 Å². The van der Waals surface area contributed by atoms with Crippen molar-refractivity contribution in [3.05, 3.63) is 48.0 Å². The van der Waals surface area contributed by atoms with Gasteiger partial charge in [0.1, 0.15) is 18.1 Å². The molecule has 2 fully saturated rings. The molecule has 2 heterocycles. The lowest BCUT2D eigenvalue weighted by atomic mass is 10.2. The first-order valence-electron chi connectivity index (χ1n) is 9.04. The summed E-state index contributed by atoms with van der Waals surface area (Å²) in [5, 5.41) is 2.97. The van der Waals surface area contributed by atoms with Crippen molar-refractivity contribution in [1.82, 2.24) is 20.2 Å². The third-order valence-electron chi connectivity index (χ3n) is 4.84. The number of aromatic nitrogens is 2. The fraction of sp³-hybridized carbons (Fsp3) is 0.421. The molecule has 26 heavy (non-hydrogen) atoms. The molecule has 136 valence electrons. The summed E-state index contributed by atoms with van der Waals surface area (Å²) in [6.07, 6.45) is 7.08. The van der Waals surface area contributed by atoms with Crippen molar-refractivity contribution < 1.29 is 14.3 Å². The van der Waals surface area contributed by atoms with Crippen molar-refractivity contribution in [2.45, 2.75) is 37.8 Å². The van der Waals surface area contributed by atoms with Gasteiger partial charge in [-0.3, -0.25) is 9.59 Å². The Hall–Kier alpha value is -2.83. The molecule has 2 aromatic rings. The number of imidazole rings is 1. The van der Waals surface area contributed by atoms with E-state index < -0.39 is 0 Å². The zero-order valence-corrected chi connectivity index (χ0v) is 14.5. The average Bonchev–Trinajstić information content (AvgIpc) is 3.15. The van der Waals surface area contributed by atoms with E-state index >= 15 is 0 Å². The number of carbonyl (C=O) groups is 2. The van der Waals surface area contributed by atoms with Crippen LogP contribution in [0.3, 0.4) is 0 Å². The molecule has 1 atom stereocenters. The first-order chi connectivity index (χ1) is 12.7. The highest BCUT2D eigenvalue weighted by Crippen LogP contribution is 2.22. The molecule has 2 amide bonds. The molecule has 1 saturated carbocycles. The van der Waals surface area contributed by atoms with Crippen molar-refractivity contribution >= 4 is 11.8 Å². The topological polar surface area (TPSA) is 87.3 Å². The molecule has 2 aliphatic rings. The summed E-state index contributed by atoms with van der Waals surface area (Å²) in [7, 11) is 0. The van der Waals surface area contributed by atoms with E-state index in [0.29, 0.717) is 29.7 Å². The van der Waals surface area contributed by atoms with Crippen LogP contribution in [0.15, 0.2) is 36.8 Å². The molecular formula is C19H22N4O3. The van der Waals surface area contributed by atoms with Crippen LogP contribution in [-0.2, 0) is 0 Å². The largest absolute Gasteiger partial charge is 0.491 e. The number of rotatable bonds is 6. The van der Waals surface area contributed by atoms with E-state index in [1.54, 1.807) is 30.5 Å². The molecule has 0 bridgehead atoms. The summed E-state index contributed by atoms with van der Waals surface area (Å²) in [6, 6.07) is 7.54. The monoisotopic (exact) mass is 354 g/mol. The van der Waals surface area contributed by atoms with Crippen LogP contribution >= 0.6 is 0 Å². The summed E-state index contributed by atoms with van der Waals surface area (Å²) in [5.41, 5.74) is 1.14. The lowest BCUT2D eigenvalue weighted by molar-refractivity contribution is 0.0686. The highest BCUT2D eigenvalue weighted by molar-refractivity contribution is 5.94. The van der Waals surface area contributed by atoms with Crippen LogP contribution in [0.5, 0.6) is 5.75 Å². The number of H-pyrrole nitrogens is 1. The summed E-state index contributed by atoms with van der Waals surface area (Å²) >= 11 is 0. The fourth-order valence-corrected chi connectivity index (χ4v) is 3.20. The fourth-order valence-electron chi connectivity index (χ4n) is 3.20. The molecule has 1 aromatic heterocycles. The van der Waals surface area contributed by atoms with Crippen LogP contribution in [-0.4, -0.2) is 51.9 Å². The lowest BCUT2D eigenvalue weighted by Crippen LogP contribution is -2.39. The minimum absolute atomic E-state index is 0.0360. The van der Waals surface area contributed by atoms with Crippen molar-refractivity contribution in [2.75, 3.05) is 13.2 Å². The van der Waals surface area contributed by atoms with Gasteiger partial charge in [0.25, 0.3) is 11.8 Å². The van der Waals surface area contributed by atoms with Crippen LogP contribution in [0.4, 0.5) is 0 Å². The zero-order chi connectivity index (χ0) is 17.9. The molecular weight excluding hydrogens is 332 g/mol. The normalized spacial score (nSPS) is 19.4. The maximum atomic E-state index is 12.5. The van der Waals surface area contributed by atoms with Gasteiger partial charge in [0, 0.05) is 18.2 Å². The van der Waals surface area contributed by atoms with Crippen LogP contribution in [0, 0.1) is 0 Å². The third-order valence-corrected chi connectivity index (χ3v) is 4.84. The second kappa shape index (κ2) is 7.19. The Balaban J connectivity index is 1.32. The first kappa shape index (κ1) is 16.6. The van der Waals surface area contributed by atoms with E-state index in [2.05, 4.69) is 15.3 Å². The molecule has 0 radical (unpaired) electrons. The maximum Gasteiger partial charge on any atom is 0.272 e. The number of ether oxygens (including phenoxy) is 1. The molecule has 7 heteroatoms. The predicted octanol–water partition coefficient (Wildman–Crippen LogP) is 1.99. The zero-order valence-electron chi connectivity index (χ0n) is 14.5. The molecule has 4 rings (SSSR count). The minimum Gasteiger partial charge on any atom is -0.491 e. The van der Waals surface area contributed by atoms with E-state index in [0.717, 1.165) is 32.2 Å². The van der Waals surface area contributed by atoms with Crippen molar-refractivity contribution in [3.63, 3.8) is 0 Å². The number of aromatic amines is 1. The molecule has 1 saturated heterocycles. The Labute approximate surface area is 151 Å². The number of amides is 2. The molecule has 7 nitrogen and oxygen atoms in total. The van der Waals surface area contributed by atoms with Crippen molar-refractivity contribution in [1.29, 1.82) is 0 Å². The number of nitrogens with one attached hydrogen (secondary N) is 2. The third kappa shape index (κ3) is 3.71. The van der Waals surface area contributed by atoms with Gasteiger partial charge in [-0.25, -0.2) is 4.98 Å². The van der Waals surface area contributed by atoms with Gasteiger partial charge in [-0.15, -0.1) is 0 Å². The van der Waals surface area contributed by atoms with Crippen molar-refractivity contribution in [2.24, 2.45) is 0 Å². The van der Waals surface area contributed by atoms with Crippen LogP contribution in [0.25, 0.3) is 0 Å². The summed E-state index contributed by atoms with van der Waals surface area (Å²) in [6.45, 7) is 1.17. The van der Waals surface area contributed by atoms with Gasteiger partial charge in [-0.1, -0.05) is 0 Å². The summed E-state index contributed by atoms with van der Waals surface area (Å²) in [5.74, 6) is 0.626. The Kier molecular flexibility index (Phi) is 4.60. The number of nitrogens with zero attached hydrogens (tertiary/aromatic N) is 2. The highest BCUT2D eigenvalue weighted by Gasteiger charge is 2.30. The van der Waals surface area contributed by atoms with E-state index in [1.165, 1.54) is 6.33 Å². The summed E-state index contributed by atoms with van der Waals surface area (Å²) < 4.78 is 5.86. The number of hydrogen-bond donors (Lipinski definition) is 2. The van der Waals surface area contributed by atoms with Gasteiger partial charge < -0.3 is 19.9 Å². The summed E-state index contributed by atoms with van der Waals surface area (Å²) in [4.78, 5) is 33.1. The van der Waals surface area contributed by atoms with E-state index in [1.807, 2.05) is 4.90 Å². The molecule has 0 spiro atoms. The van der Waals surface area contributed by atoms with Gasteiger partial charge in [0.05, 0.1) is 18.6 Å². The number of hydrogen-bond acceptors (Lipinski definition) is 4. The smallest absolute Gasteiger partial charge is 0.272 e. The van der Waals surface area contributed by atoms with Gasteiger partial charge in [0.2, 0.25) is 0 Å². The average molecular weight is 354 g/mol. The molecule has 2 N–H and O–H groups in total. The van der Waals surface area contributed by atoms with Crippen LogP contribution in [0.1, 0.15) is 46.5 Å². The standard InChI is InChI=1S/C19H22N4O3/c24-18(22-14-5-6-14)13-3-7-16(8-4-13)26-11-15-2-1-9-23(15)19(25)17-10-20-12-21-17/h3-4,7-8,10,12,14-15H,1-2,5-6,9,11H2,(H,20,21)(H,22,24). The van der Waals surface area contributed by atoms with Crippen LogP contribution < -0.4 is 10.1 Å². The SMILES string of the molecule is O=C(NC1CC1)c1ccc(OCC2CCCN2C(=O)c2cnc[nH]2)cc1. The second-order valence-corrected chi connectivity index (χ2v) is 6.84. The van der Waals surface area contributed by atoms with E-state index in [-0.39, 0.29) is 17.9 Å². The number of benzene rings is 1. The molecule has 1 aromatic carbocycles. The van der Waals surface area contributed by atoms with Crippen molar-refractivity contribution in [3.8, 4) is 5.75 Å². The molecule has 1 aliphatic carbocycles. The Bertz CT molecular complexity index is 769. The highest BCUT2D eigenvalue weighted by atomic mass is 16.5. The number of carbonyl (C=O) groups excluding carboxylic acids is 2. The Morgan fingerprint density at radius 2 is 2.04 bits per heavy atom. The van der Waals surface area contributed by atoms with Gasteiger partial charge in [0.15, 0.2) is 0 Å². The molecule has 1 aliphatic heterocycles. The van der Waals surface area contributed by atoms with Gasteiger partial charge >= 0.3 is 0 Å². The number of likely N-dealkylation sites (tertiary alicyclic amines) is 1. The quantitative estimate of drug-likeness (QED) is 0.830. The lowest BCUT2D eigenvalue weighted by Gasteiger charge is -2.24. The van der Waals surface area contributed by atoms with Crippen LogP contribution in [0.2, 0.25) is 0 Å². The van der Waals surface area contributed by atoms with Gasteiger partial charge in [-0.05, 0) is 49.9 Å². The maximum absolute atomic E-state index is 12.5. The Morgan fingerprint density at radius 1 is 1.23 bits per heavy atom.